The summed E-state index contributed by atoms with van der Waals surface area (Å²) in [5.41, 5.74) is 1.19. The number of likely N-dealkylation sites (tertiary alicyclic amines) is 1. The molecule has 1 amide bonds. The number of benzene rings is 2. The molecule has 0 unspecified atom stereocenters. The van der Waals surface area contributed by atoms with Crippen molar-refractivity contribution in [1.82, 2.24) is 9.80 Å². The fraction of sp³-hybridized carbons (Fsp3) is 0.250. The van der Waals surface area contributed by atoms with Crippen molar-refractivity contribution in [2.24, 2.45) is 0 Å². The van der Waals surface area contributed by atoms with Crippen LogP contribution in [0.3, 0.4) is 0 Å². The Morgan fingerprint density at radius 1 is 1.16 bits per heavy atom. The van der Waals surface area contributed by atoms with Crippen molar-refractivity contribution in [2.45, 2.75) is 6.04 Å². The molecule has 0 bridgehead atoms. The Morgan fingerprint density at radius 3 is 2.39 bits per heavy atom. The maximum atomic E-state index is 12.9. The van der Waals surface area contributed by atoms with Crippen LogP contribution in [0.2, 0.25) is 5.02 Å². The molecule has 1 aliphatic heterocycles. The summed E-state index contributed by atoms with van der Waals surface area (Å²) >= 11 is 5.95. The molecule has 0 saturated carbocycles. The van der Waals surface area contributed by atoms with Gasteiger partial charge in [0.05, 0.1) is 11.6 Å². The Morgan fingerprint density at radius 2 is 1.81 bits per heavy atom. The molecular formula is C24H25ClN2O4. The lowest BCUT2D eigenvalue weighted by Crippen LogP contribution is -2.35. The van der Waals surface area contributed by atoms with Gasteiger partial charge in [0.2, 0.25) is 0 Å². The number of rotatable bonds is 8. The molecule has 1 aliphatic rings. The SMILES string of the molecule is C=CCOc1ccc([C@H]2C(=C(O)c3ccc(Cl)cc3)C(=O)C(=O)N2CCN(C)C)cc1. The lowest BCUT2D eigenvalue weighted by atomic mass is 9.95. The number of nitrogens with zero attached hydrogens (tertiary/aromatic N) is 2. The van der Waals surface area contributed by atoms with Gasteiger partial charge in [0.15, 0.2) is 0 Å². The first-order valence-electron chi connectivity index (χ1n) is 9.86. The van der Waals surface area contributed by atoms with Crippen LogP contribution in [0.15, 0.2) is 66.8 Å². The second kappa shape index (κ2) is 9.81. The molecule has 1 atom stereocenters. The second-order valence-electron chi connectivity index (χ2n) is 7.47. The molecule has 0 radical (unpaired) electrons. The number of ether oxygens (including phenoxy) is 1. The number of amides is 1. The summed E-state index contributed by atoms with van der Waals surface area (Å²) in [7, 11) is 3.79. The van der Waals surface area contributed by atoms with Crippen LogP contribution in [-0.4, -0.2) is 60.4 Å². The highest BCUT2D eigenvalue weighted by Crippen LogP contribution is 2.39. The van der Waals surface area contributed by atoms with E-state index in [-0.39, 0.29) is 11.3 Å². The Labute approximate surface area is 187 Å². The molecule has 6 nitrogen and oxygen atoms in total. The highest BCUT2D eigenvalue weighted by Gasteiger charge is 2.45. The number of aliphatic hydroxyl groups is 1. The van der Waals surface area contributed by atoms with Gasteiger partial charge in [0, 0.05) is 23.7 Å². The smallest absolute Gasteiger partial charge is 0.295 e. The Hall–Kier alpha value is -3.09. The van der Waals surface area contributed by atoms with Gasteiger partial charge >= 0.3 is 0 Å². The highest BCUT2D eigenvalue weighted by atomic mass is 35.5. The first kappa shape index (κ1) is 22.6. The monoisotopic (exact) mass is 440 g/mol. The lowest BCUT2D eigenvalue weighted by Gasteiger charge is -2.26. The third kappa shape index (κ3) is 4.98. The molecule has 0 aromatic heterocycles. The average Bonchev–Trinajstić information content (AvgIpc) is 3.01. The second-order valence-corrected chi connectivity index (χ2v) is 7.91. The van der Waals surface area contributed by atoms with Crippen molar-refractivity contribution in [2.75, 3.05) is 33.8 Å². The van der Waals surface area contributed by atoms with Crippen molar-refractivity contribution < 1.29 is 19.4 Å². The number of carbonyl (C=O) groups excluding carboxylic acids is 2. The average molecular weight is 441 g/mol. The van der Waals surface area contributed by atoms with E-state index in [9.17, 15) is 14.7 Å². The zero-order valence-corrected chi connectivity index (χ0v) is 18.3. The molecule has 1 fully saturated rings. The van der Waals surface area contributed by atoms with Crippen molar-refractivity contribution in [1.29, 1.82) is 0 Å². The maximum absolute atomic E-state index is 12.9. The number of hydrogen-bond donors (Lipinski definition) is 1. The fourth-order valence-electron chi connectivity index (χ4n) is 3.43. The highest BCUT2D eigenvalue weighted by molar-refractivity contribution is 6.46. The maximum Gasteiger partial charge on any atom is 0.295 e. The van der Waals surface area contributed by atoms with Crippen LogP contribution in [0.4, 0.5) is 0 Å². The molecule has 1 N–H and O–H groups in total. The Bertz CT molecular complexity index is 997. The first-order valence-corrected chi connectivity index (χ1v) is 10.2. The summed E-state index contributed by atoms with van der Waals surface area (Å²) in [5.74, 6) is -0.913. The largest absolute Gasteiger partial charge is 0.507 e. The Kier molecular flexibility index (Phi) is 7.15. The number of carbonyl (C=O) groups is 2. The van der Waals surface area contributed by atoms with E-state index in [4.69, 9.17) is 16.3 Å². The van der Waals surface area contributed by atoms with Crippen molar-refractivity contribution in [3.8, 4) is 5.75 Å². The van der Waals surface area contributed by atoms with E-state index in [1.165, 1.54) is 4.90 Å². The first-order chi connectivity index (χ1) is 14.8. The molecular weight excluding hydrogens is 416 g/mol. The minimum absolute atomic E-state index is 0.0610. The van der Waals surface area contributed by atoms with Crippen molar-refractivity contribution in [3.05, 3.63) is 82.9 Å². The summed E-state index contributed by atoms with van der Waals surface area (Å²) in [6.45, 7) is 4.92. The van der Waals surface area contributed by atoms with E-state index in [2.05, 4.69) is 6.58 Å². The van der Waals surface area contributed by atoms with Crippen LogP contribution < -0.4 is 4.74 Å². The molecule has 162 valence electrons. The molecule has 0 aliphatic carbocycles. The lowest BCUT2D eigenvalue weighted by molar-refractivity contribution is -0.140. The molecule has 7 heteroatoms. The molecule has 2 aromatic carbocycles. The zero-order valence-electron chi connectivity index (χ0n) is 17.5. The molecule has 1 heterocycles. The van der Waals surface area contributed by atoms with Crippen LogP contribution in [0.25, 0.3) is 5.76 Å². The summed E-state index contributed by atoms with van der Waals surface area (Å²) in [5, 5.41) is 11.5. The van der Waals surface area contributed by atoms with E-state index >= 15 is 0 Å². The van der Waals surface area contributed by atoms with E-state index in [0.29, 0.717) is 41.6 Å². The van der Waals surface area contributed by atoms with Gasteiger partial charge in [-0.15, -0.1) is 0 Å². The van der Waals surface area contributed by atoms with Gasteiger partial charge < -0.3 is 19.6 Å². The van der Waals surface area contributed by atoms with Crippen LogP contribution in [0.5, 0.6) is 5.75 Å². The third-order valence-electron chi connectivity index (χ3n) is 5.01. The van der Waals surface area contributed by atoms with Gasteiger partial charge in [-0.25, -0.2) is 0 Å². The van der Waals surface area contributed by atoms with Gasteiger partial charge in [-0.05, 0) is 56.1 Å². The van der Waals surface area contributed by atoms with Gasteiger partial charge in [-0.3, -0.25) is 9.59 Å². The topological polar surface area (TPSA) is 70.1 Å². The van der Waals surface area contributed by atoms with Gasteiger partial charge in [0.25, 0.3) is 11.7 Å². The molecule has 31 heavy (non-hydrogen) atoms. The quantitative estimate of drug-likeness (QED) is 0.292. The van der Waals surface area contributed by atoms with Gasteiger partial charge in [-0.1, -0.05) is 36.4 Å². The minimum Gasteiger partial charge on any atom is -0.507 e. The Balaban J connectivity index is 2.07. The predicted octanol–water partition coefficient (Wildman–Crippen LogP) is 3.89. The minimum atomic E-state index is -0.705. The molecule has 1 saturated heterocycles. The van der Waals surface area contributed by atoms with E-state index in [0.717, 1.165) is 0 Å². The summed E-state index contributed by atoms with van der Waals surface area (Å²) in [6.07, 6.45) is 1.65. The van der Waals surface area contributed by atoms with Crippen LogP contribution in [0.1, 0.15) is 17.2 Å². The van der Waals surface area contributed by atoms with Gasteiger partial charge in [-0.2, -0.15) is 0 Å². The third-order valence-corrected chi connectivity index (χ3v) is 5.26. The van der Waals surface area contributed by atoms with E-state index in [1.807, 2.05) is 19.0 Å². The van der Waals surface area contributed by atoms with Crippen molar-refractivity contribution in [3.63, 3.8) is 0 Å². The summed E-state index contributed by atoms with van der Waals surface area (Å²) in [4.78, 5) is 29.3. The normalized spacial score (nSPS) is 17.9. The van der Waals surface area contributed by atoms with E-state index < -0.39 is 17.7 Å². The fourth-order valence-corrected chi connectivity index (χ4v) is 3.56. The molecule has 0 spiro atoms. The van der Waals surface area contributed by atoms with Gasteiger partial charge in [0.1, 0.15) is 18.1 Å². The van der Waals surface area contributed by atoms with Crippen molar-refractivity contribution >= 4 is 29.1 Å². The molecule has 2 aromatic rings. The number of aliphatic hydroxyl groups excluding tert-OH is 1. The van der Waals surface area contributed by atoms with Crippen LogP contribution in [0, 0.1) is 0 Å². The van der Waals surface area contributed by atoms with E-state index in [1.54, 1.807) is 54.6 Å². The van der Waals surface area contributed by atoms with Crippen LogP contribution >= 0.6 is 11.6 Å². The number of halogens is 1. The predicted molar refractivity (Wildman–Crippen MR) is 121 cm³/mol. The van der Waals surface area contributed by atoms with Crippen LogP contribution in [-0.2, 0) is 9.59 Å². The zero-order chi connectivity index (χ0) is 22.5. The number of ketones is 1. The molecule has 3 rings (SSSR count). The number of likely N-dealkylation sites (N-methyl/N-ethyl adjacent to an activating group) is 1. The summed E-state index contributed by atoms with van der Waals surface area (Å²) in [6, 6.07) is 12.9. The number of Topliss-reactive ketones (excluding diaryl/α,β-unsaturated/α-hetero) is 1. The number of hydrogen-bond acceptors (Lipinski definition) is 5. The standard InChI is InChI=1S/C24H25ClN2O4/c1-4-15-31-19-11-7-16(8-12-19)21-20(22(28)17-5-9-18(25)10-6-17)23(29)24(30)27(21)14-13-26(2)3/h4-12,21,28H,1,13-15H2,2-3H3/t21-/m0/s1. The summed E-state index contributed by atoms with van der Waals surface area (Å²) < 4.78 is 5.53.